The number of rotatable bonds is 7. The molecule has 20 heavy (non-hydrogen) atoms. The SMILES string of the molecule is CC(CN)CN1CCCN(CCCN2CCCC2)CC1. The maximum Gasteiger partial charge on any atom is 0.0109 e. The van der Waals surface area contributed by atoms with E-state index < -0.39 is 0 Å². The molecule has 0 amide bonds. The largest absolute Gasteiger partial charge is 0.330 e. The fraction of sp³-hybridized carbons (Fsp3) is 1.00. The summed E-state index contributed by atoms with van der Waals surface area (Å²) < 4.78 is 0. The van der Waals surface area contributed by atoms with E-state index in [4.69, 9.17) is 5.73 Å². The Balaban J connectivity index is 1.59. The number of hydrogen-bond donors (Lipinski definition) is 1. The van der Waals surface area contributed by atoms with Crippen molar-refractivity contribution in [3.8, 4) is 0 Å². The van der Waals surface area contributed by atoms with Gasteiger partial charge in [-0.05, 0) is 77.4 Å². The van der Waals surface area contributed by atoms with Gasteiger partial charge in [-0.25, -0.2) is 0 Å². The van der Waals surface area contributed by atoms with Crippen molar-refractivity contribution < 1.29 is 0 Å². The van der Waals surface area contributed by atoms with E-state index in [0.717, 1.165) is 6.54 Å². The Bertz CT molecular complexity index is 253. The molecule has 0 aromatic heterocycles. The Kier molecular flexibility index (Phi) is 7.28. The summed E-state index contributed by atoms with van der Waals surface area (Å²) in [6.07, 6.45) is 5.50. The van der Waals surface area contributed by atoms with Crippen molar-refractivity contribution in [3.05, 3.63) is 0 Å². The normalized spacial score (nSPS) is 24.9. The minimum atomic E-state index is 0.636. The molecule has 2 saturated heterocycles. The number of hydrogen-bond acceptors (Lipinski definition) is 4. The second kappa shape index (κ2) is 8.98. The molecule has 0 spiro atoms. The molecular formula is C16H34N4. The second-order valence-electron chi connectivity index (χ2n) is 6.74. The lowest BCUT2D eigenvalue weighted by Crippen LogP contribution is -2.35. The Labute approximate surface area is 125 Å². The van der Waals surface area contributed by atoms with Crippen LogP contribution in [0.2, 0.25) is 0 Å². The maximum absolute atomic E-state index is 5.74. The molecule has 2 heterocycles. The molecule has 2 N–H and O–H groups in total. The van der Waals surface area contributed by atoms with E-state index in [9.17, 15) is 0 Å². The third-order valence-corrected chi connectivity index (χ3v) is 4.80. The summed E-state index contributed by atoms with van der Waals surface area (Å²) in [4.78, 5) is 7.91. The molecular weight excluding hydrogens is 248 g/mol. The average Bonchev–Trinajstić information content (AvgIpc) is 2.87. The summed E-state index contributed by atoms with van der Waals surface area (Å²) in [7, 11) is 0. The van der Waals surface area contributed by atoms with E-state index in [1.807, 2.05) is 0 Å². The highest BCUT2D eigenvalue weighted by Gasteiger charge is 2.16. The lowest BCUT2D eigenvalue weighted by atomic mass is 10.1. The first-order valence-electron chi connectivity index (χ1n) is 8.65. The van der Waals surface area contributed by atoms with Crippen LogP contribution in [0.4, 0.5) is 0 Å². The molecule has 4 nitrogen and oxygen atoms in total. The molecule has 1 atom stereocenters. The summed E-state index contributed by atoms with van der Waals surface area (Å²) in [5.41, 5.74) is 5.74. The maximum atomic E-state index is 5.74. The van der Waals surface area contributed by atoms with Crippen LogP contribution >= 0.6 is 0 Å². The van der Waals surface area contributed by atoms with Crippen LogP contribution in [-0.2, 0) is 0 Å². The first-order valence-corrected chi connectivity index (χ1v) is 8.65. The van der Waals surface area contributed by atoms with Crippen molar-refractivity contribution in [2.24, 2.45) is 11.7 Å². The van der Waals surface area contributed by atoms with Crippen LogP contribution in [-0.4, -0.2) is 80.1 Å². The third kappa shape index (κ3) is 5.68. The van der Waals surface area contributed by atoms with Gasteiger partial charge in [-0.2, -0.15) is 0 Å². The molecule has 2 fully saturated rings. The predicted octanol–water partition coefficient (Wildman–Crippen LogP) is 1.07. The van der Waals surface area contributed by atoms with Gasteiger partial charge >= 0.3 is 0 Å². The standard InChI is InChI=1S/C16H34N4/c1-16(14-17)15-20-11-5-10-19(12-13-20)9-4-8-18-6-2-3-7-18/h16H,2-15,17H2,1H3. The molecule has 0 radical (unpaired) electrons. The van der Waals surface area contributed by atoms with Crippen molar-refractivity contribution in [1.82, 2.24) is 14.7 Å². The van der Waals surface area contributed by atoms with Gasteiger partial charge in [-0.3, -0.25) is 0 Å². The molecule has 2 rings (SSSR count). The van der Waals surface area contributed by atoms with E-state index in [0.29, 0.717) is 5.92 Å². The topological polar surface area (TPSA) is 35.7 Å². The zero-order chi connectivity index (χ0) is 14.2. The first kappa shape index (κ1) is 16.2. The van der Waals surface area contributed by atoms with Gasteiger partial charge in [0.05, 0.1) is 0 Å². The van der Waals surface area contributed by atoms with Crippen LogP contribution in [0.3, 0.4) is 0 Å². The quantitative estimate of drug-likeness (QED) is 0.758. The molecule has 0 saturated carbocycles. The summed E-state index contributed by atoms with van der Waals surface area (Å²) >= 11 is 0. The van der Waals surface area contributed by atoms with Crippen molar-refractivity contribution in [1.29, 1.82) is 0 Å². The van der Waals surface area contributed by atoms with Crippen molar-refractivity contribution in [3.63, 3.8) is 0 Å². The molecule has 0 aliphatic carbocycles. The van der Waals surface area contributed by atoms with Gasteiger partial charge < -0.3 is 20.4 Å². The van der Waals surface area contributed by atoms with Crippen LogP contribution in [0, 0.1) is 5.92 Å². The average molecular weight is 282 g/mol. The Morgan fingerprint density at radius 1 is 0.800 bits per heavy atom. The monoisotopic (exact) mass is 282 g/mol. The Morgan fingerprint density at radius 2 is 1.35 bits per heavy atom. The molecule has 1 unspecified atom stereocenters. The van der Waals surface area contributed by atoms with Gasteiger partial charge in [0, 0.05) is 19.6 Å². The smallest absolute Gasteiger partial charge is 0.0109 e. The summed E-state index contributed by atoms with van der Waals surface area (Å²) in [6, 6.07) is 0. The molecule has 0 aromatic rings. The number of nitrogens with zero attached hydrogens (tertiary/aromatic N) is 3. The zero-order valence-electron chi connectivity index (χ0n) is 13.4. The lowest BCUT2D eigenvalue weighted by Gasteiger charge is -2.24. The van der Waals surface area contributed by atoms with Gasteiger partial charge in [0.1, 0.15) is 0 Å². The molecule has 4 heteroatoms. The molecule has 0 bridgehead atoms. The minimum Gasteiger partial charge on any atom is -0.330 e. The van der Waals surface area contributed by atoms with Gasteiger partial charge in [-0.15, -0.1) is 0 Å². The van der Waals surface area contributed by atoms with Crippen LogP contribution in [0.5, 0.6) is 0 Å². The molecule has 118 valence electrons. The molecule has 0 aromatic carbocycles. The molecule has 2 aliphatic rings. The van der Waals surface area contributed by atoms with Crippen LogP contribution in [0.1, 0.15) is 32.6 Å². The highest BCUT2D eigenvalue weighted by atomic mass is 15.2. The highest BCUT2D eigenvalue weighted by Crippen LogP contribution is 2.09. The van der Waals surface area contributed by atoms with Gasteiger partial charge in [-0.1, -0.05) is 6.92 Å². The fourth-order valence-electron chi connectivity index (χ4n) is 3.47. The fourth-order valence-corrected chi connectivity index (χ4v) is 3.47. The highest BCUT2D eigenvalue weighted by molar-refractivity contribution is 4.73. The van der Waals surface area contributed by atoms with E-state index in [1.54, 1.807) is 0 Å². The van der Waals surface area contributed by atoms with E-state index in [2.05, 4.69) is 21.6 Å². The predicted molar refractivity (Wildman–Crippen MR) is 86.0 cm³/mol. The van der Waals surface area contributed by atoms with Crippen molar-refractivity contribution in [2.75, 3.05) is 65.4 Å². The van der Waals surface area contributed by atoms with Crippen LogP contribution in [0.25, 0.3) is 0 Å². The number of likely N-dealkylation sites (tertiary alicyclic amines) is 1. The summed E-state index contributed by atoms with van der Waals surface area (Å²) in [6.45, 7) is 14.6. The van der Waals surface area contributed by atoms with E-state index >= 15 is 0 Å². The summed E-state index contributed by atoms with van der Waals surface area (Å²) in [5, 5.41) is 0. The van der Waals surface area contributed by atoms with E-state index in [1.165, 1.54) is 84.6 Å². The first-order chi connectivity index (χ1) is 9.78. The van der Waals surface area contributed by atoms with Gasteiger partial charge in [0.2, 0.25) is 0 Å². The molecule has 2 aliphatic heterocycles. The second-order valence-corrected chi connectivity index (χ2v) is 6.74. The summed E-state index contributed by atoms with van der Waals surface area (Å²) in [5.74, 6) is 0.636. The van der Waals surface area contributed by atoms with Crippen LogP contribution in [0.15, 0.2) is 0 Å². The van der Waals surface area contributed by atoms with Crippen molar-refractivity contribution in [2.45, 2.75) is 32.6 Å². The Hall–Kier alpha value is -0.160. The van der Waals surface area contributed by atoms with Crippen LogP contribution < -0.4 is 5.73 Å². The number of nitrogens with two attached hydrogens (primary N) is 1. The zero-order valence-corrected chi connectivity index (χ0v) is 13.4. The lowest BCUT2D eigenvalue weighted by molar-refractivity contribution is 0.226. The van der Waals surface area contributed by atoms with Gasteiger partial charge in [0.25, 0.3) is 0 Å². The van der Waals surface area contributed by atoms with Crippen molar-refractivity contribution >= 4 is 0 Å². The Morgan fingerprint density at radius 3 is 2.05 bits per heavy atom. The van der Waals surface area contributed by atoms with Gasteiger partial charge in [0.15, 0.2) is 0 Å². The van der Waals surface area contributed by atoms with E-state index in [-0.39, 0.29) is 0 Å². The minimum absolute atomic E-state index is 0.636. The third-order valence-electron chi connectivity index (χ3n) is 4.80.